The minimum atomic E-state index is -3.45. The molecule has 0 aromatic heterocycles. The maximum Gasteiger partial charge on any atom is 0.242 e. The van der Waals surface area contributed by atoms with Gasteiger partial charge in [0.2, 0.25) is 15.9 Å². The average Bonchev–Trinajstić information content (AvgIpc) is 2.52. The number of hydrogen-bond donors (Lipinski definition) is 1. The topological polar surface area (TPSA) is 66.5 Å². The molecule has 2 unspecified atom stereocenters. The Bertz CT molecular complexity index is 836. The number of rotatable bonds is 5. The van der Waals surface area contributed by atoms with Crippen molar-refractivity contribution in [2.45, 2.75) is 54.2 Å². The lowest BCUT2D eigenvalue weighted by Gasteiger charge is -2.60. The van der Waals surface area contributed by atoms with Gasteiger partial charge in [-0.3, -0.25) is 4.79 Å². The first-order chi connectivity index (χ1) is 12.6. The van der Waals surface area contributed by atoms with Crippen molar-refractivity contribution in [2.24, 2.45) is 17.3 Å². The van der Waals surface area contributed by atoms with E-state index in [0.717, 1.165) is 18.3 Å². The summed E-state index contributed by atoms with van der Waals surface area (Å²) in [6, 6.07) is 6.42. The number of halogens is 1. The van der Waals surface area contributed by atoms with Crippen molar-refractivity contribution in [1.29, 1.82) is 0 Å². The predicted molar refractivity (Wildman–Crippen MR) is 109 cm³/mol. The van der Waals surface area contributed by atoms with Gasteiger partial charge in [-0.25, -0.2) is 12.7 Å². The first kappa shape index (κ1) is 19.4. The molecule has 4 aliphatic rings. The Kier molecular flexibility index (Phi) is 4.71. The van der Waals surface area contributed by atoms with Crippen LogP contribution in [-0.2, 0) is 14.8 Å². The first-order valence-electron chi connectivity index (χ1n) is 9.61. The van der Waals surface area contributed by atoms with Gasteiger partial charge >= 0.3 is 0 Å². The van der Waals surface area contributed by atoms with Crippen molar-refractivity contribution in [1.82, 2.24) is 4.31 Å². The molecule has 1 amide bonds. The van der Waals surface area contributed by atoms with E-state index < -0.39 is 10.0 Å². The third-order valence-corrected chi connectivity index (χ3v) is 9.32. The van der Waals surface area contributed by atoms with Gasteiger partial charge < -0.3 is 5.32 Å². The number of hydrogen-bond acceptors (Lipinski definition) is 3. The fourth-order valence-corrected chi connectivity index (χ4v) is 8.42. The van der Waals surface area contributed by atoms with Gasteiger partial charge in [0, 0.05) is 30.5 Å². The molecular weight excluding hydrogens is 428 g/mol. The summed E-state index contributed by atoms with van der Waals surface area (Å²) in [7, 11) is -0.436. The number of carbonyl (C=O) groups is 1. The van der Waals surface area contributed by atoms with Gasteiger partial charge in [-0.05, 0) is 80.0 Å². The third kappa shape index (κ3) is 3.70. The lowest BCUT2D eigenvalue weighted by molar-refractivity contribution is -0.123. The van der Waals surface area contributed by atoms with E-state index in [1.165, 1.54) is 50.5 Å². The Morgan fingerprint density at radius 2 is 1.74 bits per heavy atom. The van der Waals surface area contributed by atoms with Crippen LogP contribution in [0.3, 0.4) is 0 Å². The van der Waals surface area contributed by atoms with Crippen LogP contribution in [-0.4, -0.2) is 37.0 Å². The molecule has 0 heterocycles. The summed E-state index contributed by atoms with van der Waals surface area (Å²) in [5.41, 5.74) is 0.780. The molecule has 4 saturated carbocycles. The van der Waals surface area contributed by atoms with E-state index in [-0.39, 0.29) is 20.5 Å². The Morgan fingerprint density at radius 1 is 1.15 bits per heavy atom. The summed E-state index contributed by atoms with van der Waals surface area (Å²) in [6.45, 7) is 0. The second kappa shape index (κ2) is 6.56. The molecule has 4 fully saturated rings. The van der Waals surface area contributed by atoms with Crippen molar-refractivity contribution in [2.75, 3.05) is 19.4 Å². The van der Waals surface area contributed by atoms with Gasteiger partial charge in [0.25, 0.3) is 0 Å². The molecule has 1 N–H and O–H groups in total. The molecule has 7 heteroatoms. The molecule has 5 nitrogen and oxygen atoms in total. The molecule has 148 valence electrons. The minimum absolute atomic E-state index is 0.0382. The molecule has 5 rings (SSSR count). The van der Waals surface area contributed by atoms with Gasteiger partial charge in [0.1, 0.15) is 0 Å². The number of alkyl halides is 1. The Balaban J connectivity index is 1.43. The van der Waals surface area contributed by atoms with E-state index in [0.29, 0.717) is 12.1 Å². The van der Waals surface area contributed by atoms with Crippen molar-refractivity contribution >= 4 is 37.5 Å². The lowest BCUT2D eigenvalue weighted by Crippen LogP contribution is -2.53. The molecule has 1 aromatic rings. The van der Waals surface area contributed by atoms with E-state index in [9.17, 15) is 13.2 Å². The maximum absolute atomic E-state index is 12.7. The zero-order valence-corrected chi connectivity index (χ0v) is 18.3. The summed E-state index contributed by atoms with van der Waals surface area (Å²) < 4.78 is 25.7. The summed E-state index contributed by atoms with van der Waals surface area (Å²) in [4.78, 5) is 13.0. The van der Waals surface area contributed by atoms with Crippen molar-refractivity contribution in [3.05, 3.63) is 24.3 Å². The minimum Gasteiger partial charge on any atom is -0.326 e. The normalized spacial score (nSPS) is 34.8. The van der Waals surface area contributed by atoms with Crippen LogP contribution < -0.4 is 5.32 Å². The van der Waals surface area contributed by atoms with Crippen molar-refractivity contribution in [3.8, 4) is 0 Å². The first-order valence-corrected chi connectivity index (χ1v) is 11.8. The van der Waals surface area contributed by atoms with E-state index in [4.69, 9.17) is 0 Å². The summed E-state index contributed by atoms with van der Waals surface area (Å²) >= 11 is 3.99. The fraction of sp³-hybridized carbons (Fsp3) is 0.650. The highest BCUT2D eigenvalue weighted by molar-refractivity contribution is 9.10. The molecule has 4 aliphatic carbocycles. The number of benzene rings is 1. The third-order valence-electron chi connectivity index (χ3n) is 6.56. The standard InChI is InChI=1S/C20H27BrN2O3S/c1-23(2)27(25,26)17-5-3-16(4-6-17)22-18(24)12-19-8-14-7-15(9-19)11-20(21,10-14)13-19/h3-6,14-15H,7-13H2,1-2H3,(H,22,24)/t14-,15+,19?,20?. The largest absolute Gasteiger partial charge is 0.326 e. The quantitative estimate of drug-likeness (QED) is 0.683. The molecular formula is C20H27BrN2O3S. The van der Waals surface area contributed by atoms with E-state index in [1.807, 2.05) is 0 Å². The summed E-state index contributed by atoms with van der Waals surface area (Å²) in [5, 5.41) is 2.97. The van der Waals surface area contributed by atoms with Crippen molar-refractivity contribution in [3.63, 3.8) is 0 Å². The highest BCUT2D eigenvalue weighted by Gasteiger charge is 2.57. The zero-order chi connectivity index (χ0) is 19.4. The van der Waals surface area contributed by atoms with E-state index >= 15 is 0 Å². The molecule has 0 spiro atoms. The SMILES string of the molecule is CN(C)S(=O)(=O)c1ccc(NC(=O)CC23C[C@@H]4C[C@@H](CC(Br)(C4)C2)C3)cc1. The van der Waals surface area contributed by atoms with Gasteiger partial charge in [-0.1, -0.05) is 15.9 Å². The maximum atomic E-state index is 12.7. The van der Waals surface area contributed by atoms with Gasteiger partial charge in [-0.2, -0.15) is 0 Å². The van der Waals surface area contributed by atoms with Crippen LogP contribution in [0.25, 0.3) is 0 Å². The fourth-order valence-electron chi connectivity index (χ4n) is 6.01. The van der Waals surface area contributed by atoms with Crippen LogP contribution in [0.15, 0.2) is 29.2 Å². The second-order valence-electron chi connectivity index (χ2n) is 9.15. The number of nitrogens with zero attached hydrogens (tertiary/aromatic N) is 1. The summed E-state index contributed by atoms with van der Waals surface area (Å²) in [6.07, 6.45) is 7.85. The Labute approximate surface area is 170 Å². The monoisotopic (exact) mass is 454 g/mol. The zero-order valence-electron chi connectivity index (χ0n) is 15.9. The van der Waals surface area contributed by atoms with Crippen LogP contribution in [0.2, 0.25) is 0 Å². The molecule has 4 bridgehead atoms. The second-order valence-corrected chi connectivity index (χ2v) is 13.0. The van der Waals surface area contributed by atoms with E-state index in [2.05, 4.69) is 21.2 Å². The molecule has 27 heavy (non-hydrogen) atoms. The van der Waals surface area contributed by atoms with Crippen LogP contribution in [0, 0.1) is 17.3 Å². The smallest absolute Gasteiger partial charge is 0.242 e. The number of anilines is 1. The van der Waals surface area contributed by atoms with E-state index in [1.54, 1.807) is 24.3 Å². The molecule has 0 aliphatic heterocycles. The van der Waals surface area contributed by atoms with Gasteiger partial charge in [-0.15, -0.1) is 0 Å². The van der Waals surface area contributed by atoms with Crippen LogP contribution >= 0.6 is 15.9 Å². The van der Waals surface area contributed by atoms with Crippen LogP contribution in [0.5, 0.6) is 0 Å². The molecule has 4 atom stereocenters. The molecule has 1 aromatic carbocycles. The van der Waals surface area contributed by atoms with Crippen LogP contribution in [0.4, 0.5) is 5.69 Å². The van der Waals surface area contributed by atoms with Crippen molar-refractivity contribution < 1.29 is 13.2 Å². The number of nitrogens with one attached hydrogen (secondary N) is 1. The number of carbonyl (C=O) groups excluding carboxylic acids is 1. The average molecular weight is 455 g/mol. The highest BCUT2D eigenvalue weighted by Crippen LogP contribution is 2.65. The predicted octanol–water partition coefficient (Wildman–Crippen LogP) is 4.00. The van der Waals surface area contributed by atoms with Crippen LogP contribution in [0.1, 0.15) is 44.9 Å². The molecule has 0 radical (unpaired) electrons. The Hall–Kier alpha value is -0.920. The Morgan fingerprint density at radius 3 is 2.26 bits per heavy atom. The summed E-state index contributed by atoms with van der Waals surface area (Å²) in [5.74, 6) is 1.55. The highest BCUT2D eigenvalue weighted by atomic mass is 79.9. The number of amides is 1. The molecule has 0 saturated heterocycles. The lowest BCUT2D eigenvalue weighted by atomic mass is 9.48. The number of sulfonamides is 1. The van der Waals surface area contributed by atoms with Gasteiger partial charge in [0.05, 0.1) is 4.90 Å². The van der Waals surface area contributed by atoms with Gasteiger partial charge in [0.15, 0.2) is 0 Å².